The van der Waals surface area contributed by atoms with E-state index in [1.54, 1.807) is 30.3 Å². The molecular weight excluding hydrogens is 452 g/mol. The summed E-state index contributed by atoms with van der Waals surface area (Å²) in [5, 5.41) is 9.13. The van der Waals surface area contributed by atoms with Crippen LogP contribution < -0.4 is 26.6 Å². The van der Waals surface area contributed by atoms with E-state index in [0.29, 0.717) is 95.8 Å². The van der Waals surface area contributed by atoms with Gasteiger partial charge in [-0.3, -0.25) is 4.79 Å². The predicted molar refractivity (Wildman–Crippen MR) is 134 cm³/mol. The maximum atomic E-state index is 12.4. The van der Waals surface area contributed by atoms with Gasteiger partial charge in [0.1, 0.15) is 0 Å². The first-order valence-electron chi connectivity index (χ1n) is 11.6. The maximum Gasteiger partial charge on any atom is 0.251 e. The van der Waals surface area contributed by atoms with E-state index < -0.39 is 0 Å². The number of amides is 1. The Morgan fingerprint density at radius 2 is 1.77 bits per heavy atom. The Kier molecular flexibility index (Phi) is 11.1. The van der Waals surface area contributed by atoms with E-state index in [-0.39, 0.29) is 5.91 Å². The van der Waals surface area contributed by atoms with Crippen LogP contribution in [0.3, 0.4) is 0 Å². The van der Waals surface area contributed by atoms with Crippen LogP contribution in [0.5, 0.6) is 0 Å². The molecule has 1 saturated heterocycles. The number of aromatic nitrogens is 3. The fourth-order valence-electron chi connectivity index (χ4n) is 3.15. The SMILES string of the molecule is C=CCNc1nc(Nc2ccc(C(=O)NCCOCCOCCN)cc2)nc(N2CCOCC2)n1. The second-order valence-corrected chi connectivity index (χ2v) is 7.52. The lowest BCUT2D eigenvalue weighted by molar-refractivity contribution is 0.0511. The summed E-state index contributed by atoms with van der Waals surface area (Å²) in [5.74, 6) is 1.25. The molecule has 0 bridgehead atoms. The van der Waals surface area contributed by atoms with Crippen molar-refractivity contribution in [2.24, 2.45) is 5.73 Å². The van der Waals surface area contributed by atoms with Crippen molar-refractivity contribution in [3.05, 3.63) is 42.5 Å². The summed E-state index contributed by atoms with van der Waals surface area (Å²) in [5.41, 5.74) is 6.63. The van der Waals surface area contributed by atoms with Crippen molar-refractivity contribution in [3.63, 3.8) is 0 Å². The average molecular weight is 487 g/mol. The number of nitrogens with one attached hydrogen (secondary N) is 3. The molecule has 1 aromatic carbocycles. The monoisotopic (exact) mass is 486 g/mol. The summed E-state index contributed by atoms with van der Waals surface area (Å²) < 4.78 is 16.1. The number of rotatable bonds is 15. The molecule has 0 spiro atoms. The average Bonchev–Trinajstić information content (AvgIpc) is 2.89. The first-order valence-corrected chi connectivity index (χ1v) is 11.6. The van der Waals surface area contributed by atoms with Crippen molar-refractivity contribution < 1.29 is 19.0 Å². The molecule has 0 aliphatic carbocycles. The summed E-state index contributed by atoms with van der Waals surface area (Å²) in [6, 6.07) is 7.07. The largest absolute Gasteiger partial charge is 0.378 e. The van der Waals surface area contributed by atoms with Crippen LogP contribution in [0.4, 0.5) is 23.5 Å². The van der Waals surface area contributed by atoms with Gasteiger partial charge in [0.25, 0.3) is 5.91 Å². The Morgan fingerprint density at radius 1 is 1.06 bits per heavy atom. The maximum absolute atomic E-state index is 12.4. The van der Waals surface area contributed by atoms with Gasteiger partial charge in [-0.05, 0) is 24.3 Å². The highest BCUT2D eigenvalue weighted by Gasteiger charge is 2.17. The van der Waals surface area contributed by atoms with Crippen LogP contribution in [0, 0.1) is 0 Å². The topological polar surface area (TPSA) is 149 Å². The molecule has 1 fully saturated rings. The Bertz CT molecular complexity index is 922. The Hall–Kier alpha value is -3.32. The van der Waals surface area contributed by atoms with Crippen molar-refractivity contribution in [1.29, 1.82) is 0 Å². The van der Waals surface area contributed by atoms with Crippen molar-refractivity contribution in [2.75, 3.05) is 87.9 Å². The number of ether oxygens (including phenoxy) is 3. The minimum absolute atomic E-state index is 0.176. The smallest absolute Gasteiger partial charge is 0.251 e. The van der Waals surface area contributed by atoms with Gasteiger partial charge in [-0.1, -0.05) is 6.08 Å². The molecule has 0 unspecified atom stereocenters. The molecule has 1 aliphatic heterocycles. The first-order chi connectivity index (χ1) is 17.2. The van der Waals surface area contributed by atoms with Crippen LogP contribution >= 0.6 is 0 Å². The third-order valence-corrected chi connectivity index (χ3v) is 4.89. The molecule has 12 heteroatoms. The lowest BCUT2D eigenvalue weighted by atomic mass is 10.2. The summed E-state index contributed by atoms with van der Waals surface area (Å²) in [7, 11) is 0. The second-order valence-electron chi connectivity index (χ2n) is 7.52. The molecule has 1 aliphatic rings. The number of morpholine rings is 1. The zero-order chi connectivity index (χ0) is 24.7. The lowest BCUT2D eigenvalue weighted by Crippen LogP contribution is -2.37. The van der Waals surface area contributed by atoms with E-state index in [1.165, 1.54) is 0 Å². The molecule has 35 heavy (non-hydrogen) atoms. The number of anilines is 4. The van der Waals surface area contributed by atoms with Crippen LogP contribution in [0.15, 0.2) is 36.9 Å². The zero-order valence-corrected chi connectivity index (χ0v) is 19.9. The lowest BCUT2D eigenvalue weighted by Gasteiger charge is -2.27. The standard InChI is InChI=1S/C23H34N8O4/c1-2-8-26-21-28-22(30-23(29-21)31-10-14-35-15-11-31)27-19-5-3-18(4-6-19)20(32)25-9-13-34-17-16-33-12-7-24/h2-6H,1,7-17,24H2,(H,25,32)(H2,26,27,28,29,30). The van der Waals surface area contributed by atoms with Gasteiger partial charge in [-0.2, -0.15) is 15.0 Å². The first kappa shape index (κ1) is 26.3. The normalized spacial score (nSPS) is 13.3. The third-order valence-electron chi connectivity index (χ3n) is 4.89. The van der Waals surface area contributed by atoms with E-state index in [4.69, 9.17) is 19.9 Å². The third kappa shape index (κ3) is 9.09. The van der Waals surface area contributed by atoms with Gasteiger partial charge in [0.2, 0.25) is 17.8 Å². The van der Waals surface area contributed by atoms with E-state index in [2.05, 4.69) is 42.4 Å². The number of carbonyl (C=O) groups excluding carboxylic acids is 1. The molecular formula is C23H34N8O4. The van der Waals surface area contributed by atoms with Crippen molar-refractivity contribution >= 4 is 29.4 Å². The molecule has 3 rings (SSSR count). The Balaban J connectivity index is 1.53. The fraction of sp³-hybridized carbons (Fsp3) is 0.478. The summed E-state index contributed by atoms with van der Waals surface area (Å²) in [6.45, 7) is 9.69. The quantitative estimate of drug-likeness (QED) is 0.209. The summed E-state index contributed by atoms with van der Waals surface area (Å²) in [4.78, 5) is 27.9. The Morgan fingerprint density at radius 3 is 2.49 bits per heavy atom. The molecule has 1 amide bonds. The van der Waals surface area contributed by atoms with Crippen LogP contribution in [0.2, 0.25) is 0 Å². The van der Waals surface area contributed by atoms with Crippen molar-refractivity contribution in [2.45, 2.75) is 0 Å². The van der Waals surface area contributed by atoms with Crippen LogP contribution in [-0.4, -0.2) is 93.2 Å². The highest BCUT2D eigenvalue weighted by Crippen LogP contribution is 2.19. The molecule has 0 radical (unpaired) electrons. The molecule has 190 valence electrons. The van der Waals surface area contributed by atoms with Gasteiger partial charge in [0, 0.05) is 44.0 Å². The fourth-order valence-corrected chi connectivity index (χ4v) is 3.15. The second kappa shape index (κ2) is 14.8. The number of hydrogen-bond acceptors (Lipinski definition) is 11. The van der Waals surface area contributed by atoms with Crippen LogP contribution in [-0.2, 0) is 14.2 Å². The van der Waals surface area contributed by atoms with E-state index in [1.807, 2.05) is 0 Å². The molecule has 2 heterocycles. The molecule has 1 aromatic heterocycles. The highest BCUT2D eigenvalue weighted by atomic mass is 16.5. The van der Waals surface area contributed by atoms with E-state index >= 15 is 0 Å². The summed E-state index contributed by atoms with van der Waals surface area (Å²) in [6.07, 6.45) is 1.74. The molecule has 2 aromatic rings. The number of benzene rings is 1. The molecule has 0 atom stereocenters. The van der Waals surface area contributed by atoms with E-state index in [9.17, 15) is 4.79 Å². The number of carbonyl (C=O) groups is 1. The minimum Gasteiger partial charge on any atom is -0.378 e. The van der Waals surface area contributed by atoms with Gasteiger partial charge >= 0.3 is 0 Å². The van der Waals surface area contributed by atoms with Crippen molar-refractivity contribution in [3.8, 4) is 0 Å². The number of hydrogen-bond donors (Lipinski definition) is 4. The van der Waals surface area contributed by atoms with Gasteiger partial charge in [0.05, 0.1) is 39.6 Å². The molecule has 0 saturated carbocycles. The van der Waals surface area contributed by atoms with Gasteiger partial charge in [-0.25, -0.2) is 0 Å². The van der Waals surface area contributed by atoms with Crippen molar-refractivity contribution in [1.82, 2.24) is 20.3 Å². The zero-order valence-electron chi connectivity index (χ0n) is 19.9. The predicted octanol–water partition coefficient (Wildman–Crippen LogP) is 0.771. The minimum atomic E-state index is -0.176. The number of nitrogens with two attached hydrogens (primary N) is 1. The van der Waals surface area contributed by atoms with Gasteiger partial charge in [0.15, 0.2) is 0 Å². The van der Waals surface area contributed by atoms with Gasteiger partial charge < -0.3 is 40.8 Å². The molecule has 5 N–H and O–H groups in total. The van der Waals surface area contributed by atoms with Crippen LogP contribution in [0.1, 0.15) is 10.4 Å². The summed E-state index contributed by atoms with van der Waals surface area (Å²) >= 11 is 0. The molecule has 12 nitrogen and oxygen atoms in total. The number of nitrogens with zero attached hydrogens (tertiary/aromatic N) is 4. The van der Waals surface area contributed by atoms with Crippen LogP contribution in [0.25, 0.3) is 0 Å². The highest BCUT2D eigenvalue weighted by molar-refractivity contribution is 5.94. The van der Waals surface area contributed by atoms with Gasteiger partial charge in [-0.15, -0.1) is 6.58 Å². The van der Waals surface area contributed by atoms with E-state index in [0.717, 1.165) is 5.69 Å². The Labute approximate surface area is 205 Å².